The minimum absolute atomic E-state index is 0.253. The standard InChI is InChI=1S/C16H14N4O/c1-10-5-6-13(12(17)9-10)20-16(21)11-3-2-4-14-15(11)19-8-7-18-14/h2-9H,17H2,1H3,(H,20,21). The molecule has 1 aromatic heterocycles. The number of nitrogen functional groups attached to an aromatic ring is 1. The molecule has 1 heterocycles. The Labute approximate surface area is 121 Å². The Morgan fingerprint density at radius 1 is 1.14 bits per heavy atom. The number of carbonyl (C=O) groups is 1. The number of hydrogen-bond donors (Lipinski definition) is 2. The molecular formula is C16H14N4O. The summed E-state index contributed by atoms with van der Waals surface area (Å²) in [6, 6.07) is 10.8. The van der Waals surface area contributed by atoms with Crippen molar-refractivity contribution >= 4 is 28.3 Å². The Kier molecular flexibility index (Phi) is 3.23. The van der Waals surface area contributed by atoms with Gasteiger partial charge in [-0.1, -0.05) is 12.1 Å². The molecule has 3 N–H and O–H groups in total. The van der Waals surface area contributed by atoms with E-state index in [2.05, 4.69) is 15.3 Å². The van der Waals surface area contributed by atoms with E-state index >= 15 is 0 Å². The first kappa shape index (κ1) is 13.1. The van der Waals surface area contributed by atoms with Crippen LogP contribution in [0.2, 0.25) is 0 Å². The highest BCUT2D eigenvalue weighted by Gasteiger charge is 2.12. The predicted molar refractivity (Wildman–Crippen MR) is 83.1 cm³/mol. The summed E-state index contributed by atoms with van der Waals surface area (Å²) in [5, 5.41) is 2.81. The van der Waals surface area contributed by atoms with Crippen molar-refractivity contribution in [1.29, 1.82) is 0 Å². The van der Waals surface area contributed by atoms with Crippen molar-refractivity contribution in [1.82, 2.24) is 9.97 Å². The Balaban J connectivity index is 1.97. The third-order valence-electron chi connectivity index (χ3n) is 3.20. The highest BCUT2D eigenvalue weighted by atomic mass is 16.1. The molecule has 0 atom stereocenters. The first-order chi connectivity index (χ1) is 10.1. The topological polar surface area (TPSA) is 80.9 Å². The molecule has 0 bridgehead atoms. The molecule has 0 unspecified atom stereocenters. The molecule has 1 amide bonds. The molecule has 21 heavy (non-hydrogen) atoms. The van der Waals surface area contributed by atoms with Gasteiger partial charge >= 0.3 is 0 Å². The van der Waals surface area contributed by atoms with Crippen LogP contribution in [-0.2, 0) is 0 Å². The molecule has 2 aromatic carbocycles. The number of benzene rings is 2. The SMILES string of the molecule is Cc1ccc(NC(=O)c2cccc3nccnc23)c(N)c1. The Hall–Kier alpha value is -2.95. The number of nitrogens with one attached hydrogen (secondary N) is 1. The lowest BCUT2D eigenvalue weighted by atomic mass is 10.1. The first-order valence-corrected chi connectivity index (χ1v) is 6.52. The molecule has 0 fully saturated rings. The summed E-state index contributed by atoms with van der Waals surface area (Å²) in [6.45, 7) is 1.95. The summed E-state index contributed by atoms with van der Waals surface area (Å²) < 4.78 is 0. The number of anilines is 2. The molecule has 5 heteroatoms. The number of aryl methyl sites for hydroxylation is 1. The Bertz CT molecular complexity index is 824. The van der Waals surface area contributed by atoms with Crippen molar-refractivity contribution in [3.8, 4) is 0 Å². The van der Waals surface area contributed by atoms with Gasteiger partial charge in [-0.3, -0.25) is 14.8 Å². The minimum atomic E-state index is -0.253. The summed E-state index contributed by atoms with van der Waals surface area (Å²) in [4.78, 5) is 20.8. The maximum absolute atomic E-state index is 12.4. The van der Waals surface area contributed by atoms with Crippen LogP contribution < -0.4 is 11.1 Å². The molecule has 0 saturated carbocycles. The van der Waals surface area contributed by atoms with Crippen LogP contribution in [0.3, 0.4) is 0 Å². The van der Waals surface area contributed by atoms with E-state index in [-0.39, 0.29) is 5.91 Å². The molecule has 0 aliphatic carbocycles. The molecular weight excluding hydrogens is 264 g/mol. The molecule has 0 spiro atoms. The lowest BCUT2D eigenvalue weighted by Gasteiger charge is -2.10. The average molecular weight is 278 g/mol. The number of nitrogens with zero attached hydrogens (tertiary/aromatic N) is 2. The Morgan fingerprint density at radius 2 is 1.95 bits per heavy atom. The highest BCUT2D eigenvalue weighted by molar-refractivity contribution is 6.12. The molecule has 0 saturated heterocycles. The fourth-order valence-electron chi connectivity index (χ4n) is 2.16. The molecule has 3 rings (SSSR count). The van der Waals surface area contributed by atoms with Gasteiger partial charge in [-0.15, -0.1) is 0 Å². The van der Waals surface area contributed by atoms with Crippen molar-refractivity contribution in [2.45, 2.75) is 6.92 Å². The van der Waals surface area contributed by atoms with Crippen LogP contribution in [0.4, 0.5) is 11.4 Å². The second kappa shape index (κ2) is 5.20. The van der Waals surface area contributed by atoms with E-state index in [1.165, 1.54) is 0 Å². The number of carbonyl (C=O) groups excluding carboxylic acids is 1. The van der Waals surface area contributed by atoms with Gasteiger partial charge in [0.05, 0.1) is 22.5 Å². The molecule has 104 valence electrons. The van der Waals surface area contributed by atoms with Crippen molar-refractivity contribution in [2.75, 3.05) is 11.1 Å². The van der Waals surface area contributed by atoms with E-state index in [4.69, 9.17) is 5.73 Å². The van der Waals surface area contributed by atoms with Crippen LogP contribution in [0.5, 0.6) is 0 Å². The van der Waals surface area contributed by atoms with Crippen molar-refractivity contribution in [3.63, 3.8) is 0 Å². The predicted octanol–water partition coefficient (Wildman–Crippen LogP) is 2.77. The third kappa shape index (κ3) is 2.53. The van der Waals surface area contributed by atoms with Gasteiger partial charge in [0.2, 0.25) is 0 Å². The minimum Gasteiger partial charge on any atom is -0.397 e. The van der Waals surface area contributed by atoms with Gasteiger partial charge in [0, 0.05) is 12.4 Å². The number of para-hydroxylation sites is 1. The van der Waals surface area contributed by atoms with Gasteiger partial charge in [0.1, 0.15) is 5.52 Å². The molecule has 5 nitrogen and oxygen atoms in total. The zero-order valence-electron chi connectivity index (χ0n) is 11.5. The molecule has 0 aliphatic rings. The van der Waals surface area contributed by atoms with Gasteiger partial charge in [-0.05, 0) is 36.8 Å². The first-order valence-electron chi connectivity index (χ1n) is 6.52. The number of fused-ring (bicyclic) bond motifs is 1. The quantitative estimate of drug-likeness (QED) is 0.706. The summed E-state index contributed by atoms with van der Waals surface area (Å²) in [6.07, 6.45) is 3.17. The second-order valence-corrected chi connectivity index (χ2v) is 4.77. The number of nitrogens with two attached hydrogens (primary N) is 1. The fourth-order valence-corrected chi connectivity index (χ4v) is 2.16. The fraction of sp³-hybridized carbons (Fsp3) is 0.0625. The van der Waals surface area contributed by atoms with Crippen LogP contribution in [0.15, 0.2) is 48.8 Å². The highest BCUT2D eigenvalue weighted by Crippen LogP contribution is 2.21. The van der Waals surface area contributed by atoms with Crippen LogP contribution in [-0.4, -0.2) is 15.9 Å². The molecule has 0 radical (unpaired) electrons. The third-order valence-corrected chi connectivity index (χ3v) is 3.20. The van der Waals surface area contributed by atoms with E-state index < -0.39 is 0 Å². The monoisotopic (exact) mass is 278 g/mol. The number of hydrogen-bond acceptors (Lipinski definition) is 4. The van der Waals surface area contributed by atoms with Crippen LogP contribution in [0, 0.1) is 6.92 Å². The van der Waals surface area contributed by atoms with Gasteiger partial charge < -0.3 is 11.1 Å². The van der Waals surface area contributed by atoms with E-state index in [9.17, 15) is 4.79 Å². The van der Waals surface area contributed by atoms with E-state index in [1.807, 2.05) is 25.1 Å². The van der Waals surface area contributed by atoms with E-state index in [0.717, 1.165) is 5.56 Å². The van der Waals surface area contributed by atoms with Crippen molar-refractivity contribution < 1.29 is 4.79 Å². The maximum Gasteiger partial charge on any atom is 0.257 e. The van der Waals surface area contributed by atoms with Crippen LogP contribution in [0.25, 0.3) is 11.0 Å². The van der Waals surface area contributed by atoms with Gasteiger partial charge in [0.25, 0.3) is 5.91 Å². The van der Waals surface area contributed by atoms with Crippen molar-refractivity contribution in [2.24, 2.45) is 0 Å². The van der Waals surface area contributed by atoms with E-state index in [0.29, 0.717) is 28.0 Å². The zero-order chi connectivity index (χ0) is 14.8. The summed E-state index contributed by atoms with van der Waals surface area (Å²) in [7, 11) is 0. The molecule has 0 aliphatic heterocycles. The summed E-state index contributed by atoms with van der Waals surface area (Å²) in [5.74, 6) is -0.253. The second-order valence-electron chi connectivity index (χ2n) is 4.77. The lowest BCUT2D eigenvalue weighted by molar-refractivity contribution is 0.102. The zero-order valence-corrected chi connectivity index (χ0v) is 11.5. The van der Waals surface area contributed by atoms with E-state index in [1.54, 1.807) is 30.6 Å². The number of rotatable bonds is 2. The normalized spacial score (nSPS) is 10.5. The van der Waals surface area contributed by atoms with Gasteiger partial charge in [-0.2, -0.15) is 0 Å². The maximum atomic E-state index is 12.4. The average Bonchev–Trinajstić information content (AvgIpc) is 2.49. The number of aromatic nitrogens is 2. The lowest BCUT2D eigenvalue weighted by Crippen LogP contribution is -2.14. The van der Waals surface area contributed by atoms with Gasteiger partial charge in [-0.25, -0.2) is 0 Å². The van der Waals surface area contributed by atoms with Gasteiger partial charge in [0.15, 0.2) is 0 Å². The largest absolute Gasteiger partial charge is 0.397 e. The van der Waals surface area contributed by atoms with Crippen molar-refractivity contribution in [3.05, 3.63) is 59.9 Å². The van der Waals surface area contributed by atoms with Crippen LogP contribution in [0.1, 0.15) is 15.9 Å². The smallest absolute Gasteiger partial charge is 0.257 e. The van der Waals surface area contributed by atoms with Crippen LogP contribution >= 0.6 is 0 Å². The Morgan fingerprint density at radius 3 is 2.76 bits per heavy atom. The molecule has 3 aromatic rings. The summed E-state index contributed by atoms with van der Waals surface area (Å²) in [5.41, 5.74) is 9.81. The summed E-state index contributed by atoms with van der Waals surface area (Å²) >= 11 is 0. The number of amides is 1.